The van der Waals surface area contributed by atoms with Crippen molar-refractivity contribution < 1.29 is 19.0 Å². The zero-order valence-electron chi connectivity index (χ0n) is 14.5. The Labute approximate surface area is 155 Å². The zero-order valence-corrected chi connectivity index (χ0v) is 14.5. The number of rotatable bonds is 7. The smallest absolute Gasteiger partial charge is 0.335 e. The number of hydrogen-bond acceptors (Lipinski definition) is 4. The number of aromatic carboxylic acids is 1. The molecule has 0 spiro atoms. The van der Waals surface area contributed by atoms with Crippen LogP contribution in [0, 0.1) is 11.7 Å². The molecule has 1 unspecified atom stereocenters. The minimum Gasteiger partial charge on any atom is -0.478 e. The van der Waals surface area contributed by atoms with Crippen LogP contribution < -0.4 is 4.74 Å². The van der Waals surface area contributed by atoms with Gasteiger partial charge in [0.25, 0.3) is 0 Å². The highest BCUT2D eigenvalue weighted by molar-refractivity contribution is 5.87. The van der Waals surface area contributed by atoms with Crippen LogP contribution in [0.25, 0.3) is 5.82 Å². The summed E-state index contributed by atoms with van der Waals surface area (Å²) in [5.74, 6) is 0.0962. The molecule has 27 heavy (non-hydrogen) atoms. The standard InChI is InChI=1S/C20H18FN3O3/c21-16-5-3-14(4-6-16)17(11-13-1-2-13)27-19-8-10-23-24(19)18-12-15(20(25)26)7-9-22-18/h3-10,12-13,17H,1-2,11H2,(H,25,26). The average molecular weight is 367 g/mol. The molecule has 1 aliphatic rings. The number of aromatic nitrogens is 3. The van der Waals surface area contributed by atoms with Crippen molar-refractivity contribution in [1.82, 2.24) is 14.8 Å². The number of carboxylic acids is 1. The van der Waals surface area contributed by atoms with E-state index in [1.807, 2.05) is 0 Å². The lowest BCUT2D eigenvalue weighted by Gasteiger charge is -2.20. The summed E-state index contributed by atoms with van der Waals surface area (Å²) < 4.78 is 21.0. The molecule has 2 heterocycles. The summed E-state index contributed by atoms with van der Waals surface area (Å²) in [6.07, 6.45) is 5.93. The summed E-state index contributed by atoms with van der Waals surface area (Å²) in [6, 6.07) is 10.9. The Balaban J connectivity index is 1.63. The lowest BCUT2D eigenvalue weighted by Crippen LogP contribution is -2.12. The van der Waals surface area contributed by atoms with Gasteiger partial charge in [-0.1, -0.05) is 25.0 Å². The Hall–Kier alpha value is -3.22. The number of hydrogen-bond donors (Lipinski definition) is 1. The maximum absolute atomic E-state index is 13.3. The third kappa shape index (κ3) is 3.97. The van der Waals surface area contributed by atoms with Crippen LogP contribution in [0.15, 0.2) is 54.9 Å². The van der Waals surface area contributed by atoms with Crippen molar-refractivity contribution in [2.45, 2.75) is 25.4 Å². The maximum atomic E-state index is 13.3. The highest BCUT2D eigenvalue weighted by atomic mass is 19.1. The second-order valence-electron chi connectivity index (χ2n) is 6.63. The molecule has 0 bridgehead atoms. The van der Waals surface area contributed by atoms with Gasteiger partial charge in [-0.15, -0.1) is 0 Å². The number of halogens is 1. The summed E-state index contributed by atoms with van der Waals surface area (Å²) >= 11 is 0. The van der Waals surface area contributed by atoms with Crippen molar-refractivity contribution in [2.24, 2.45) is 5.92 Å². The third-order valence-corrected chi connectivity index (χ3v) is 4.57. The van der Waals surface area contributed by atoms with Crippen LogP contribution in [0.1, 0.15) is 41.3 Å². The van der Waals surface area contributed by atoms with Gasteiger partial charge in [-0.3, -0.25) is 0 Å². The molecule has 0 radical (unpaired) electrons. The van der Waals surface area contributed by atoms with Crippen molar-refractivity contribution in [2.75, 3.05) is 0 Å². The van der Waals surface area contributed by atoms with E-state index in [4.69, 9.17) is 4.74 Å². The minimum atomic E-state index is -1.04. The van der Waals surface area contributed by atoms with Crippen molar-refractivity contribution in [3.05, 3.63) is 71.8 Å². The van der Waals surface area contributed by atoms with Gasteiger partial charge in [-0.25, -0.2) is 14.2 Å². The monoisotopic (exact) mass is 367 g/mol. The number of nitrogens with zero attached hydrogens (tertiary/aromatic N) is 3. The quantitative estimate of drug-likeness (QED) is 0.682. The van der Waals surface area contributed by atoms with E-state index in [0.29, 0.717) is 17.6 Å². The molecule has 0 aliphatic heterocycles. The highest BCUT2D eigenvalue weighted by Crippen LogP contribution is 2.39. The van der Waals surface area contributed by atoms with Crippen molar-refractivity contribution in [1.29, 1.82) is 0 Å². The van der Waals surface area contributed by atoms with Crippen LogP contribution in [0.3, 0.4) is 0 Å². The lowest BCUT2D eigenvalue weighted by atomic mass is 10.0. The third-order valence-electron chi connectivity index (χ3n) is 4.57. The molecule has 4 rings (SSSR count). The van der Waals surface area contributed by atoms with Gasteiger partial charge in [0.15, 0.2) is 5.82 Å². The first kappa shape index (κ1) is 17.2. The van der Waals surface area contributed by atoms with Gasteiger partial charge in [0.2, 0.25) is 5.88 Å². The minimum absolute atomic E-state index is 0.120. The molecule has 1 aliphatic carbocycles. The molecular weight excluding hydrogens is 349 g/mol. The summed E-state index contributed by atoms with van der Waals surface area (Å²) in [6.45, 7) is 0. The van der Waals surface area contributed by atoms with Crippen LogP contribution in [0.4, 0.5) is 4.39 Å². The van der Waals surface area contributed by atoms with Crippen molar-refractivity contribution in [3.8, 4) is 11.7 Å². The fourth-order valence-corrected chi connectivity index (χ4v) is 2.95. The van der Waals surface area contributed by atoms with E-state index in [1.54, 1.807) is 24.4 Å². The Morgan fingerprint density at radius 1 is 1.22 bits per heavy atom. The Bertz CT molecular complexity index is 951. The lowest BCUT2D eigenvalue weighted by molar-refractivity contribution is 0.0696. The van der Waals surface area contributed by atoms with E-state index in [0.717, 1.165) is 12.0 Å². The normalized spacial score (nSPS) is 14.7. The SMILES string of the molecule is O=C(O)c1ccnc(-n2nccc2OC(CC2CC2)c2ccc(F)cc2)c1. The molecule has 7 heteroatoms. The molecule has 1 N–H and O–H groups in total. The first-order chi connectivity index (χ1) is 13.1. The Morgan fingerprint density at radius 2 is 2.00 bits per heavy atom. The molecule has 138 valence electrons. The van der Waals surface area contributed by atoms with E-state index in [-0.39, 0.29) is 17.5 Å². The van der Waals surface area contributed by atoms with Crippen LogP contribution in [-0.2, 0) is 0 Å². The first-order valence-corrected chi connectivity index (χ1v) is 8.76. The van der Waals surface area contributed by atoms with E-state index in [2.05, 4.69) is 10.1 Å². The Kier molecular flexibility index (Phi) is 4.58. The van der Waals surface area contributed by atoms with Gasteiger partial charge in [-0.2, -0.15) is 9.78 Å². The largest absolute Gasteiger partial charge is 0.478 e. The van der Waals surface area contributed by atoms with Crippen LogP contribution in [0.5, 0.6) is 5.88 Å². The highest BCUT2D eigenvalue weighted by Gasteiger charge is 2.28. The van der Waals surface area contributed by atoms with E-state index in [1.165, 1.54) is 48.0 Å². The van der Waals surface area contributed by atoms with Gasteiger partial charge in [0.1, 0.15) is 11.9 Å². The molecule has 1 atom stereocenters. The molecule has 1 fully saturated rings. The summed E-state index contributed by atoms with van der Waals surface area (Å²) in [5.41, 5.74) is 1.01. The van der Waals surface area contributed by atoms with E-state index < -0.39 is 5.97 Å². The molecule has 2 aromatic heterocycles. The molecule has 0 amide bonds. The fraction of sp³-hybridized carbons (Fsp3) is 0.250. The van der Waals surface area contributed by atoms with Crippen LogP contribution >= 0.6 is 0 Å². The van der Waals surface area contributed by atoms with E-state index >= 15 is 0 Å². The van der Waals surface area contributed by atoms with Gasteiger partial charge in [0.05, 0.1) is 11.8 Å². The molecule has 6 nitrogen and oxygen atoms in total. The molecule has 0 saturated heterocycles. The maximum Gasteiger partial charge on any atom is 0.335 e. The summed E-state index contributed by atoms with van der Waals surface area (Å²) in [5, 5.41) is 13.4. The number of pyridine rings is 1. The van der Waals surface area contributed by atoms with Crippen molar-refractivity contribution in [3.63, 3.8) is 0 Å². The number of carboxylic acid groups (broad SMARTS) is 1. The zero-order chi connectivity index (χ0) is 18.8. The fourth-order valence-electron chi connectivity index (χ4n) is 2.95. The van der Waals surface area contributed by atoms with Crippen LogP contribution in [0.2, 0.25) is 0 Å². The van der Waals surface area contributed by atoms with Gasteiger partial charge in [0, 0.05) is 12.3 Å². The molecular formula is C20H18FN3O3. The topological polar surface area (TPSA) is 77.2 Å². The van der Waals surface area contributed by atoms with E-state index in [9.17, 15) is 14.3 Å². The number of carbonyl (C=O) groups is 1. The average Bonchev–Trinajstić information content (AvgIpc) is 3.37. The molecule has 1 saturated carbocycles. The molecule has 3 aromatic rings. The van der Waals surface area contributed by atoms with Gasteiger partial charge in [-0.05, 0) is 42.2 Å². The summed E-state index contributed by atoms with van der Waals surface area (Å²) in [7, 11) is 0. The second kappa shape index (κ2) is 7.19. The second-order valence-corrected chi connectivity index (χ2v) is 6.63. The number of benzene rings is 1. The predicted octanol–water partition coefficient (Wildman–Crippen LogP) is 4.02. The number of ether oxygens (including phenoxy) is 1. The van der Waals surface area contributed by atoms with Crippen LogP contribution in [-0.4, -0.2) is 25.8 Å². The summed E-state index contributed by atoms with van der Waals surface area (Å²) in [4.78, 5) is 15.4. The van der Waals surface area contributed by atoms with Gasteiger partial charge >= 0.3 is 5.97 Å². The van der Waals surface area contributed by atoms with Gasteiger partial charge < -0.3 is 9.84 Å². The molecule has 1 aromatic carbocycles. The predicted molar refractivity (Wildman–Crippen MR) is 95.4 cm³/mol. The first-order valence-electron chi connectivity index (χ1n) is 8.76. The van der Waals surface area contributed by atoms with Crippen molar-refractivity contribution >= 4 is 5.97 Å². The Morgan fingerprint density at radius 3 is 2.70 bits per heavy atom.